The third kappa shape index (κ3) is 8.80. The zero-order valence-electron chi connectivity index (χ0n) is 20.9. The molecule has 0 radical (unpaired) electrons. The minimum Gasteiger partial charge on any atom is -0.462 e. The first-order valence-corrected chi connectivity index (χ1v) is 12.0. The minimum absolute atomic E-state index is 0.0590. The summed E-state index contributed by atoms with van der Waals surface area (Å²) in [5.41, 5.74) is 5.29. The van der Waals surface area contributed by atoms with Gasteiger partial charge in [0.1, 0.15) is 22.9 Å². The van der Waals surface area contributed by atoms with Gasteiger partial charge in [0, 0.05) is 24.9 Å². The number of nitrogens with zero attached hydrogens (tertiary/aromatic N) is 2. The van der Waals surface area contributed by atoms with Gasteiger partial charge in [-0.1, -0.05) is 16.8 Å². The van der Waals surface area contributed by atoms with Crippen molar-refractivity contribution in [2.24, 2.45) is 10.9 Å². The van der Waals surface area contributed by atoms with Gasteiger partial charge in [-0.2, -0.15) is 0 Å². The fourth-order valence-electron chi connectivity index (χ4n) is 3.32. The van der Waals surface area contributed by atoms with Crippen LogP contribution >= 0.6 is 11.6 Å². The fraction of sp³-hybridized carbons (Fsp3) is 0.542. The van der Waals surface area contributed by atoms with Crippen LogP contribution in [0.2, 0.25) is 0 Å². The van der Waals surface area contributed by atoms with Gasteiger partial charge >= 0.3 is 12.1 Å². The van der Waals surface area contributed by atoms with E-state index in [0.29, 0.717) is 17.7 Å². The molecule has 0 aliphatic carbocycles. The number of halogens is 1. The maximum atomic E-state index is 13.4. The highest BCUT2D eigenvalue weighted by Crippen LogP contribution is 2.24. The van der Waals surface area contributed by atoms with Crippen molar-refractivity contribution in [3.8, 4) is 0 Å². The van der Waals surface area contributed by atoms with Crippen molar-refractivity contribution in [1.29, 1.82) is 0 Å². The molecule has 1 aliphatic rings. The number of esters is 1. The van der Waals surface area contributed by atoms with Crippen LogP contribution < -0.4 is 11.1 Å². The number of benzene rings is 1. The maximum Gasteiger partial charge on any atom is 0.417 e. The van der Waals surface area contributed by atoms with Crippen LogP contribution in [0.3, 0.4) is 0 Å². The Bertz CT molecular complexity index is 976. The zero-order valence-corrected chi connectivity index (χ0v) is 21.7. The number of hydrogen-bond acceptors (Lipinski definition) is 9. The molecule has 0 aromatic heterocycles. The molecule has 0 bridgehead atoms. The van der Waals surface area contributed by atoms with Gasteiger partial charge in [0.25, 0.3) is 0 Å². The topological polar surface area (TPSA) is 150 Å². The fourth-order valence-corrected chi connectivity index (χ4v) is 3.53. The molecule has 1 aromatic carbocycles. The van der Waals surface area contributed by atoms with Gasteiger partial charge in [0.15, 0.2) is 0 Å². The predicted octanol–water partition coefficient (Wildman–Crippen LogP) is 3.40. The molecule has 0 saturated heterocycles. The summed E-state index contributed by atoms with van der Waals surface area (Å²) in [7, 11) is 0. The number of rotatable bonds is 10. The summed E-state index contributed by atoms with van der Waals surface area (Å²) in [6.45, 7) is 7.12. The Balaban J connectivity index is 2.33. The Labute approximate surface area is 215 Å². The second-order valence-corrected chi connectivity index (χ2v) is 9.51. The maximum absolute atomic E-state index is 13.4. The Morgan fingerprint density at radius 1 is 1.25 bits per heavy atom. The second kappa shape index (κ2) is 13.2. The van der Waals surface area contributed by atoms with Crippen LogP contribution in [0.5, 0.6) is 0 Å². The lowest BCUT2D eigenvalue weighted by Crippen LogP contribution is -2.53. The van der Waals surface area contributed by atoms with Crippen molar-refractivity contribution in [3.05, 3.63) is 29.8 Å². The molecular formula is C24H33ClN4O7. The zero-order chi connectivity index (χ0) is 26.9. The molecule has 3 amide bonds. The lowest BCUT2D eigenvalue weighted by molar-refractivity contribution is -0.139. The van der Waals surface area contributed by atoms with Crippen molar-refractivity contribution in [1.82, 2.24) is 4.90 Å². The molecule has 198 valence electrons. The lowest BCUT2D eigenvalue weighted by Gasteiger charge is -2.32. The third-order valence-electron chi connectivity index (χ3n) is 4.91. The molecule has 0 spiro atoms. The number of carbonyl (C=O) groups excluding carboxylic acids is 4. The van der Waals surface area contributed by atoms with E-state index in [9.17, 15) is 19.2 Å². The summed E-state index contributed by atoms with van der Waals surface area (Å²) in [6.07, 6.45) is -1.19. The number of nitrogens with one attached hydrogen (secondary N) is 1. The number of anilines is 1. The normalized spacial score (nSPS) is 15.8. The van der Waals surface area contributed by atoms with Crippen LogP contribution in [-0.4, -0.2) is 64.8 Å². The molecule has 1 aliphatic heterocycles. The van der Waals surface area contributed by atoms with Gasteiger partial charge in [-0.3, -0.25) is 9.59 Å². The summed E-state index contributed by atoms with van der Waals surface area (Å²) < 4.78 is 10.4. The van der Waals surface area contributed by atoms with Crippen molar-refractivity contribution < 1.29 is 33.5 Å². The first kappa shape index (κ1) is 29.1. The van der Waals surface area contributed by atoms with Gasteiger partial charge in [-0.25, -0.2) is 14.5 Å². The number of nitrogens with two attached hydrogens (primary N) is 1. The SMILES string of the molecule is CCOC(=O)c1ccc(NC(=O)[C@H](CC2CC(Cl)=NO2)N(C(=O)CCCN)C(=O)OC(C)(C)C)cc1. The van der Waals surface area contributed by atoms with Crippen LogP contribution in [-0.2, 0) is 23.9 Å². The van der Waals surface area contributed by atoms with E-state index in [0.717, 1.165) is 4.90 Å². The van der Waals surface area contributed by atoms with E-state index in [2.05, 4.69) is 10.5 Å². The van der Waals surface area contributed by atoms with Crippen molar-refractivity contribution in [3.63, 3.8) is 0 Å². The molecule has 1 aromatic rings. The molecule has 36 heavy (non-hydrogen) atoms. The number of hydrogen-bond donors (Lipinski definition) is 2. The summed E-state index contributed by atoms with van der Waals surface area (Å²) in [5, 5.41) is 6.59. The Hall–Kier alpha value is -3.18. The first-order valence-electron chi connectivity index (χ1n) is 11.7. The average Bonchev–Trinajstić information content (AvgIpc) is 3.21. The third-order valence-corrected chi connectivity index (χ3v) is 5.14. The van der Waals surface area contributed by atoms with Crippen molar-refractivity contribution in [2.75, 3.05) is 18.5 Å². The quantitative estimate of drug-likeness (QED) is 0.442. The first-order chi connectivity index (χ1) is 16.9. The predicted molar refractivity (Wildman–Crippen MR) is 134 cm³/mol. The number of carbonyl (C=O) groups is 4. The Kier molecular flexibility index (Phi) is 10.7. The van der Waals surface area contributed by atoms with E-state index in [1.165, 1.54) is 24.3 Å². The molecule has 11 nitrogen and oxygen atoms in total. The minimum atomic E-state index is -1.29. The van der Waals surface area contributed by atoms with Gasteiger partial charge in [-0.05, 0) is 64.9 Å². The highest BCUT2D eigenvalue weighted by atomic mass is 35.5. The number of imide groups is 1. The molecule has 2 rings (SSSR count). The van der Waals surface area contributed by atoms with E-state index in [-0.39, 0.29) is 37.6 Å². The van der Waals surface area contributed by atoms with E-state index < -0.39 is 41.6 Å². The molecule has 0 fully saturated rings. The molecule has 0 saturated carbocycles. The second-order valence-electron chi connectivity index (χ2n) is 9.07. The van der Waals surface area contributed by atoms with Crippen LogP contribution in [0.25, 0.3) is 0 Å². The van der Waals surface area contributed by atoms with E-state index >= 15 is 0 Å². The van der Waals surface area contributed by atoms with Crippen molar-refractivity contribution in [2.45, 2.75) is 71.1 Å². The molecule has 3 N–H and O–H groups in total. The van der Waals surface area contributed by atoms with Crippen molar-refractivity contribution >= 4 is 46.3 Å². The van der Waals surface area contributed by atoms with Gasteiger partial charge < -0.3 is 25.4 Å². The standard InChI is InChI=1S/C24H33ClN4O7/c1-5-34-22(32)15-8-10-16(11-9-15)27-21(31)18(13-17-14-19(25)28-36-17)29(20(30)7-6-12-26)23(33)35-24(2,3)4/h8-11,17-18H,5-7,12-14,26H2,1-4H3,(H,27,31)/t17?,18-/m0/s1. The summed E-state index contributed by atoms with van der Waals surface area (Å²) in [6, 6.07) is 4.73. The van der Waals surface area contributed by atoms with Gasteiger partial charge in [-0.15, -0.1) is 0 Å². The molecular weight excluding hydrogens is 492 g/mol. The summed E-state index contributed by atoms with van der Waals surface area (Å²) >= 11 is 5.92. The molecule has 1 unspecified atom stereocenters. The van der Waals surface area contributed by atoms with E-state index in [1.807, 2.05) is 0 Å². The van der Waals surface area contributed by atoms with Crippen LogP contribution in [0.15, 0.2) is 29.4 Å². The van der Waals surface area contributed by atoms with Crippen LogP contribution in [0.1, 0.15) is 63.7 Å². The summed E-state index contributed by atoms with van der Waals surface area (Å²) in [4.78, 5) is 57.6. The summed E-state index contributed by atoms with van der Waals surface area (Å²) in [5.74, 6) is -1.76. The molecule has 1 heterocycles. The highest BCUT2D eigenvalue weighted by molar-refractivity contribution is 6.65. The monoisotopic (exact) mass is 524 g/mol. The molecule has 2 atom stereocenters. The van der Waals surface area contributed by atoms with Crippen LogP contribution in [0, 0.1) is 0 Å². The van der Waals surface area contributed by atoms with E-state index in [1.54, 1.807) is 27.7 Å². The largest absolute Gasteiger partial charge is 0.462 e. The number of ether oxygens (including phenoxy) is 2. The lowest BCUT2D eigenvalue weighted by atomic mass is 10.0. The van der Waals surface area contributed by atoms with E-state index in [4.69, 9.17) is 31.6 Å². The number of amides is 3. The average molecular weight is 525 g/mol. The highest BCUT2D eigenvalue weighted by Gasteiger charge is 2.40. The van der Waals surface area contributed by atoms with Gasteiger partial charge in [0.2, 0.25) is 11.8 Å². The van der Waals surface area contributed by atoms with Gasteiger partial charge in [0.05, 0.1) is 12.2 Å². The molecule has 12 heteroatoms. The van der Waals surface area contributed by atoms with Crippen LogP contribution in [0.4, 0.5) is 10.5 Å². The Morgan fingerprint density at radius 2 is 1.92 bits per heavy atom. The smallest absolute Gasteiger partial charge is 0.417 e. The number of oxime groups is 1. The Morgan fingerprint density at radius 3 is 2.44 bits per heavy atom.